The van der Waals surface area contributed by atoms with Crippen LogP contribution in [0.25, 0.3) is 0 Å². The second-order valence-electron chi connectivity index (χ2n) is 9.65. The fourth-order valence-electron chi connectivity index (χ4n) is 2.97. The van der Waals surface area contributed by atoms with E-state index in [1.54, 1.807) is 0 Å². The first-order valence-corrected chi connectivity index (χ1v) is 12.4. The highest BCUT2D eigenvalue weighted by Crippen LogP contribution is 2.23. The van der Waals surface area contributed by atoms with Gasteiger partial charge < -0.3 is 0 Å². The first kappa shape index (κ1) is 21.5. The zero-order valence-corrected chi connectivity index (χ0v) is 18.8. The van der Waals surface area contributed by atoms with E-state index in [1.807, 2.05) is 65.8 Å². The summed E-state index contributed by atoms with van der Waals surface area (Å²) in [5, 5.41) is 29.4. The van der Waals surface area contributed by atoms with Crippen LogP contribution in [-0.4, -0.2) is 19.2 Å². The van der Waals surface area contributed by atoms with Gasteiger partial charge >= 0.3 is 0 Å². The Morgan fingerprint density at radius 1 is 0.593 bits per heavy atom. The summed E-state index contributed by atoms with van der Waals surface area (Å²) < 4.78 is 0. The molecule has 0 saturated carbocycles. The lowest BCUT2D eigenvalue weighted by Crippen LogP contribution is -2.52. The van der Waals surface area contributed by atoms with Gasteiger partial charge in [-0.05, 0) is 65.8 Å². The van der Waals surface area contributed by atoms with Crippen molar-refractivity contribution in [2.75, 3.05) is 10.1 Å². The van der Waals surface area contributed by atoms with E-state index in [-0.39, 0.29) is 0 Å². The molecule has 5 heteroatoms. The quantitative estimate of drug-likeness (QED) is 0.579. The van der Waals surface area contributed by atoms with Gasteiger partial charge in [0, 0.05) is 0 Å². The normalized spacial score (nSPS) is 12.8. The van der Waals surface area contributed by atoms with Crippen molar-refractivity contribution in [1.29, 1.82) is 0 Å². The highest BCUT2D eigenvalue weighted by Gasteiger charge is 2.28. The van der Waals surface area contributed by atoms with Gasteiger partial charge in [0.1, 0.15) is 8.07 Å². The minimum Gasteiger partial charge on any atom is -0.215 e. The Balaban J connectivity index is 2.28. The maximum absolute atomic E-state index is 12.4. The molecule has 4 nitrogen and oxygen atoms in total. The molecule has 0 amide bonds. The molecule has 0 aliphatic heterocycles. The molecule has 0 heterocycles. The number of benzene rings is 2. The van der Waals surface area contributed by atoms with Gasteiger partial charge in [0.15, 0.2) is 0 Å². The van der Waals surface area contributed by atoms with Crippen molar-refractivity contribution in [3.05, 3.63) is 48.5 Å². The number of hydrogen-bond acceptors (Lipinski definition) is 2. The number of hydroxylamine groups is 2. The SMILES string of the molecule is CC(C)(C)N([O])c1ccc([Si](C)(C)c2ccc(N([O])C(C)(C)C)cc2)cc1. The van der Waals surface area contributed by atoms with Crippen molar-refractivity contribution in [3.63, 3.8) is 0 Å². The summed E-state index contributed by atoms with van der Waals surface area (Å²) in [5.74, 6) is 0. The van der Waals surface area contributed by atoms with Crippen molar-refractivity contribution >= 4 is 29.8 Å². The predicted molar refractivity (Wildman–Crippen MR) is 115 cm³/mol. The Labute approximate surface area is 165 Å². The maximum atomic E-state index is 12.4. The summed E-state index contributed by atoms with van der Waals surface area (Å²) >= 11 is 0. The monoisotopic (exact) mass is 384 g/mol. The molecule has 0 fully saturated rings. The highest BCUT2D eigenvalue weighted by atomic mass is 28.3. The Morgan fingerprint density at radius 3 is 1.07 bits per heavy atom. The van der Waals surface area contributed by atoms with E-state index in [0.29, 0.717) is 11.4 Å². The third-order valence-electron chi connectivity index (χ3n) is 4.87. The van der Waals surface area contributed by atoms with Gasteiger partial charge in [-0.25, -0.2) is 10.1 Å². The molecule has 27 heavy (non-hydrogen) atoms. The molecule has 0 aliphatic rings. The van der Waals surface area contributed by atoms with Crippen molar-refractivity contribution in [3.8, 4) is 0 Å². The van der Waals surface area contributed by atoms with Crippen LogP contribution < -0.4 is 20.5 Å². The molecule has 2 aromatic rings. The van der Waals surface area contributed by atoms with Crippen LogP contribution in [0.5, 0.6) is 0 Å². The summed E-state index contributed by atoms with van der Waals surface area (Å²) in [7, 11) is -1.90. The first-order chi connectivity index (χ1) is 12.2. The average Bonchev–Trinajstić information content (AvgIpc) is 2.59. The van der Waals surface area contributed by atoms with Crippen LogP contribution in [0.1, 0.15) is 41.5 Å². The lowest BCUT2D eigenvalue weighted by molar-refractivity contribution is 0.102. The fraction of sp³-hybridized carbons (Fsp3) is 0.455. The lowest BCUT2D eigenvalue weighted by Gasteiger charge is -2.30. The van der Waals surface area contributed by atoms with E-state index in [2.05, 4.69) is 37.4 Å². The van der Waals surface area contributed by atoms with Crippen molar-refractivity contribution in [1.82, 2.24) is 0 Å². The third kappa shape index (κ3) is 4.72. The number of nitrogens with zero attached hydrogens (tertiary/aromatic N) is 2. The van der Waals surface area contributed by atoms with Crippen LogP contribution in [0, 0.1) is 0 Å². The van der Waals surface area contributed by atoms with Gasteiger partial charge in [-0.2, -0.15) is 0 Å². The second-order valence-corrected chi connectivity index (χ2v) is 14.1. The lowest BCUT2D eigenvalue weighted by atomic mass is 10.1. The van der Waals surface area contributed by atoms with Gasteiger partial charge in [-0.15, -0.1) is 0 Å². The zero-order chi connectivity index (χ0) is 20.6. The Morgan fingerprint density at radius 2 is 0.852 bits per heavy atom. The van der Waals surface area contributed by atoms with Crippen LogP contribution in [-0.2, 0) is 10.4 Å². The number of rotatable bonds is 4. The molecule has 2 radical (unpaired) electrons. The summed E-state index contributed by atoms with van der Waals surface area (Å²) in [6.45, 7) is 16.0. The van der Waals surface area contributed by atoms with Gasteiger partial charge in [0.25, 0.3) is 0 Å². The summed E-state index contributed by atoms with van der Waals surface area (Å²) in [6, 6.07) is 15.9. The molecule has 0 N–H and O–H groups in total. The third-order valence-corrected chi connectivity index (χ3v) is 8.42. The topological polar surface area (TPSA) is 46.3 Å². The van der Waals surface area contributed by atoms with Crippen LogP contribution in [0.4, 0.5) is 11.4 Å². The Hall–Kier alpha value is -1.82. The molecular formula is C22H32N2O2Si. The zero-order valence-electron chi connectivity index (χ0n) is 17.8. The van der Waals surface area contributed by atoms with Gasteiger partial charge in [-0.3, -0.25) is 0 Å². The van der Waals surface area contributed by atoms with E-state index in [0.717, 1.165) is 10.1 Å². The summed E-state index contributed by atoms with van der Waals surface area (Å²) in [6.07, 6.45) is 0. The molecular weight excluding hydrogens is 352 g/mol. The van der Waals surface area contributed by atoms with Crippen molar-refractivity contribution in [2.45, 2.75) is 65.7 Å². The maximum Gasteiger partial charge on any atom is 0.112 e. The number of hydrogen-bond donors (Lipinski definition) is 0. The molecule has 146 valence electrons. The highest BCUT2D eigenvalue weighted by molar-refractivity contribution is 7.00. The summed E-state index contributed by atoms with van der Waals surface area (Å²) in [4.78, 5) is 0. The molecule has 2 aromatic carbocycles. The molecule has 0 aromatic heterocycles. The molecule has 0 unspecified atom stereocenters. The van der Waals surface area contributed by atoms with Crippen LogP contribution in [0.15, 0.2) is 48.5 Å². The van der Waals surface area contributed by atoms with Gasteiger partial charge in [0.2, 0.25) is 0 Å². The average molecular weight is 385 g/mol. The van der Waals surface area contributed by atoms with Crippen LogP contribution >= 0.6 is 0 Å². The fourth-order valence-corrected chi connectivity index (χ4v) is 5.30. The largest absolute Gasteiger partial charge is 0.215 e. The predicted octanol–water partition coefficient (Wildman–Crippen LogP) is 4.41. The van der Waals surface area contributed by atoms with Crippen LogP contribution in [0.3, 0.4) is 0 Å². The van der Waals surface area contributed by atoms with E-state index >= 15 is 0 Å². The van der Waals surface area contributed by atoms with E-state index < -0.39 is 19.2 Å². The molecule has 0 bridgehead atoms. The Kier molecular flexibility index (Phi) is 5.81. The van der Waals surface area contributed by atoms with Crippen molar-refractivity contribution < 1.29 is 10.4 Å². The van der Waals surface area contributed by atoms with E-state index in [9.17, 15) is 10.4 Å². The number of anilines is 2. The van der Waals surface area contributed by atoms with E-state index in [1.165, 1.54) is 10.4 Å². The minimum absolute atomic E-state index is 0.457. The standard InChI is InChI=1S/C22H32N2O2Si/c1-21(2,3)23(25)17-9-13-19(14-10-17)27(7,8)20-15-11-18(12-16-20)24(26)22(4,5)6/h9-16H,1-8H3. The molecule has 0 aliphatic carbocycles. The molecule has 2 rings (SSSR count). The van der Waals surface area contributed by atoms with Crippen molar-refractivity contribution in [2.24, 2.45) is 0 Å². The summed E-state index contributed by atoms with van der Waals surface area (Å²) in [5.41, 5.74) is 0.445. The smallest absolute Gasteiger partial charge is 0.112 e. The molecule has 0 atom stereocenters. The molecule has 0 saturated heterocycles. The molecule has 0 spiro atoms. The van der Waals surface area contributed by atoms with Gasteiger partial charge in [0.05, 0.1) is 22.5 Å². The van der Waals surface area contributed by atoms with Gasteiger partial charge in [-0.1, -0.05) is 58.1 Å². The Bertz CT molecular complexity index is 691. The first-order valence-electron chi connectivity index (χ1n) is 9.40. The minimum atomic E-state index is -1.90. The van der Waals surface area contributed by atoms with Crippen LogP contribution in [0.2, 0.25) is 13.1 Å². The second kappa shape index (κ2) is 7.30. The van der Waals surface area contributed by atoms with E-state index in [4.69, 9.17) is 0 Å².